The fourth-order valence-electron chi connectivity index (χ4n) is 2.98. The third kappa shape index (κ3) is 2.08. The topological polar surface area (TPSA) is 55.1 Å². The van der Waals surface area contributed by atoms with Gasteiger partial charge in [-0.05, 0) is 43.6 Å². The average Bonchev–Trinajstić information content (AvgIpc) is 3.35. The number of hydrogen-bond acceptors (Lipinski definition) is 3. The van der Waals surface area contributed by atoms with Crippen LogP contribution in [0.2, 0.25) is 0 Å². The van der Waals surface area contributed by atoms with Gasteiger partial charge in [0.05, 0.1) is 5.69 Å². The van der Waals surface area contributed by atoms with Gasteiger partial charge in [-0.1, -0.05) is 18.2 Å². The van der Waals surface area contributed by atoms with Gasteiger partial charge in [-0.25, -0.2) is 0 Å². The summed E-state index contributed by atoms with van der Waals surface area (Å²) in [4.78, 5) is 13.2. The molecule has 1 aromatic carbocycles. The number of anilines is 1. The maximum atomic E-state index is 12.5. The number of hydrogen-bond donors (Lipinski definition) is 2. The summed E-state index contributed by atoms with van der Waals surface area (Å²) in [6.07, 6.45) is 5.07. The van der Waals surface area contributed by atoms with Crippen LogP contribution in [0.15, 0.2) is 24.3 Å². The first-order valence-corrected chi connectivity index (χ1v) is 8.13. The molecule has 2 aliphatic carbocycles. The van der Waals surface area contributed by atoms with Crippen molar-refractivity contribution in [3.05, 3.63) is 29.1 Å². The van der Waals surface area contributed by atoms with E-state index in [-0.39, 0.29) is 5.91 Å². The van der Waals surface area contributed by atoms with E-state index in [1.54, 1.807) is 0 Å². The highest BCUT2D eigenvalue weighted by Crippen LogP contribution is 2.45. The molecule has 104 valence electrons. The predicted octanol–water partition coefficient (Wildman–Crippen LogP) is 3.40. The minimum atomic E-state index is 0.0208. The zero-order valence-corrected chi connectivity index (χ0v) is 12.1. The Hall–Kier alpha value is -1.55. The third-order valence-electron chi connectivity index (χ3n) is 4.40. The fourth-order valence-corrected chi connectivity index (χ4v) is 4.01. The van der Waals surface area contributed by atoms with E-state index in [9.17, 15) is 4.79 Å². The molecule has 3 nitrogen and oxygen atoms in total. The van der Waals surface area contributed by atoms with E-state index in [1.807, 2.05) is 24.3 Å². The summed E-state index contributed by atoms with van der Waals surface area (Å²) in [5, 5.41) is 4.25. The van der Waals surface area contributed by atoms with Gasteiger partial charge >= 0.3 is 0 Å². The second-order valence-corrected chi connectivity index (χ2v) is 7.07. The van der Waals surface area contributed by atoms with Gasteiger partial charge in [-0.3, -0.25) is 4.79 Å². The molecule has 4 heteroatoms. The Morgan fingerprint density at radius 1 is 1.20 bits per heavy atom. The van der Waals surface area contributed by atoms with Crippen LogP contribution in [0.3, 0.4) is 0 Å². The number of nitrogen functional groups attached to an aromatic ring is 1. The molecular formula is C16H18N2OS. The van der Waals surface area contributed by atoms with Gasteiger partial charge in [0.15, 0.2) is 0 Å². The molecule has 1 amide bonds. The van der Waals surface area contributed by atoms with Crippen molar-refractivity contribution >= 4 is 33.0 Å². The maximum Gasteiger partial charge on any atom is 0.263 e. The molecule has 0 spiro atoms. The predicted molar refractivity (Wildman–Crippen MR) is 82.9 cm³/mol. The summed E-state index contributed by atoms with van der Waals surface area (Å²) in [5.41, 5.74) is 6.78. The van der Waals surface area contributed by atoms with Crippen LogP contribution in [-0.4, -0.2) is 11.9 Å². The van der Waals surface area contributed by atoms with E-state index in [0.29, 0.717) is 28.4 Å². The van der Waals surface area contributed by atoms with Gasteiger partial charge in [0.25, 0.3) is 5.91 Å². The summed E-state index contributed by atoms with van der Waals surface area (Å²) < 4.78 is 1.09. The molecule has 2 aliphatic rings. The molecular weight excluding hydrogens is 268 g/mol. The minimum absolute atomic E-state index is 0.0208. The van der Waals surface area contributed by atoms with Crippen molar-refractivity contribution in [3.8, 4) is 0 Å². The van der Waals surface area contributed by atoms with Crippen LogP contribution in [0.5, 0.6) is 0 Å². The van der Waals surface area contributed by atoms with Crippen molar-refractivity contribution in [2.75, 3.05) is 5.73 Å². The fraction of sp³-hybridized carbons (Fsp3) is 0.438. The van der Waals surface area contributed by atoms with Crippen LogP contribution in [0.25, 0.3) is 10.1 Å². The highest BCUT2D eigenvalue weighted by Gasteiger charge is 2.42. The molecule has 0 aliphatic heterocycles. The number of nitrogens with two attached hydrogens (primary N) is 1. The molecule has 20 heavy (non-hydrogen) atoms. The Morgan fingerprint density at radius 3 is 2.45 bits per heavy atom. The number of rotatable bonds is 4. The zero-order chi connectivity index (χ0) is 13.7. The third-order valence-corrected chi connectivity index (χ3v) is 5.58. The van der Waals surface area contributed by atoms with Crippen LogP contribution < -0.4 is 11.1 Å². The van der Waals surface area contributed by atoms with Crippen molar-refractivity contribution in [2.24, 2.45) is 11.8 Å². The summed E-state index contributed by atoms with van der Waals surface area (Å²) in [7, 11) is 0. The van der Waals surface area contributed by atoms with Gasteiger partial charge in [0.2, 0.25) is 0 Å². The summed E-state index contributed by atoms with van der Waals surface area (Å²) in [6.45, 7) is 0. The largest absolute Gasteiger partial charge is 0.397 e. The monoisotopic (exact) mass is 286 g/mol. The minimum Gasteiger partial charge on any atom is -0.397 e. The Kier molecular flexibility index (Phi) is 2.74. The van der Waals surface area contributed by atoms with Crippen LogP contribution in [0, 0.1) is 11.8 Å². The molecule has 2 saturated carbocycles. The molecule has 0 saturated heterocycles. The Bertz CT molecular complexity index is 658. The summed E-state index contributed by atoms with van der Waals surface area (Å²) in [5.74, 6) is 1.44. The molecule has 2 fully saturated rings. The number of amides is 1. The number of thiophene rings is 1. The molecule has 1 heterocycles. The number of benzene rings is 1. The first-order valence-electron chi connectivity index (χ1n) is 7.32. The van der Waals surface area contributed by atoms with Crippen LogP contribution in [-0.2, 0) is 0 Å². The second-order valence-electron chi connectivity index (χ2n) is 6.02. The lowest BCUT2D eigenvalue weighted by molar-refractivity contribution is 0.0931. The molecule has 2 aromatic rings. The van der Waals surface area contributed by atoms with Crippen LogP contribution >= 0.6 is 11.3 Å². The maximum absolute atomic E-state index is 12.5. The highest BCUT2D eigenvalue weighted by molar-refractivity contribution is 7.21. The Morgan fingerprint density at radius 2 is 1.85 bits per heavy atom. The van der Waals surface area contributed by atoms with Crippen molar-refractivity contribution < 1.29 is 4.79 Å². The van der Waals surface area contributed by atoms with Crippen molar-refractivity contribution in [1.82, 2.24) is 5.32 Å². The Labute approximate surface area is 122 Å². The first-order chi connectivity index (χ1) is 9.74. The van der Waals surface area contributed by atoms with Crippen molar-refractivity contribution in [2.45, 2.75) is 31.7 Å². The molecule has 1 aromatic heterocycles. The van der Waals surface area contributed by atoms with E-state index in [0.717, 1.165) is 10.1 Å². The van der Waals surface area contributed by atoms with Gasteiger partial charge in [-0.15, -0.1) is 11.3 Å². The number of carbonyl (C=O) groups is 1. The molecule has 3 N–H and O–H groups in total. The van der Waals surface area contributed by atoms with Crippen molar-refractivity contribution in [3.63, 3.8) is 0 Å². The van der Waals surface area contributed by atoms with Crippen LogP contribution in [0.4, 0.5) is 5.69 Å². The van der Waals surface area contributed by atoms with Crippen LogP contribution in [0.1, 0.15) is 35.4 Å². The van der Waals surface area contributed by atoms with Gasteiger partial charge in [-0.2, -0.15) is 0 Å². The Balaban J connectivity index is 1.61. The van der Waals surface area contributed by atoms with Crippen molar-refractivity contribution in [1.29, 1.82) is 0 Å². The van der Waals surface area contributed by atoms with Gasteiger partial charge < -0.3 is 11.1 Å². The molecule has 4 rings (SSSR count). The van der Waals surface area contributed by atoms with E-state index >= 15 is 0 Å². The van der Waals surface area contributed by atoms with E-state index in [2.05, 4.69) is 5.32 Å². The first kappa shape index (κ1) is 12.2. The lowest BCUT2D eigenvalue weighted by Gasteiger charge is -2.17. The van der Waals surface area contributed by atoms with E-state index in [1.165, 1.54) is 37.0 Å². The SMILES string of the molecule is Nc1c(C(=O)NC(C2CC2)C2CC2)sc2ccccc12. The number of nitrogens with one attached hydrogen (secondary N) is 1. The lowest BCUT2D eigenvalue weighted by Crippen LogP contribution is -2.37. The molecule has 0 unspecified atom stereocenters. The lowest BCUT2D eigenvalue weighted by atomic mass is 10.1. The molecule has 0 radical (unpaired) electrons. The average molecular weight is 286 g/mol. The van der Waals surface area contributed by atoms with E-state index in [4.69, 9.17) is 5.73 Å². The molecule has 0 atom stereocenters. The smallest absolute Gasteiger partial charge is 0.263 e. The summed E-state index contributed by atoms with van der Waals surface area (Å²) >= 11 is 1.50. The highest BCUT2D eigenvalue weighted by atomic mass is 32.1. The standard InChI is InChI=1S/C16H18N2OS/c17-13-11-3-1-2-4-12(11)20-15(13)16(19)18-14(9-5-6-9)10-7-8-10/h1-4,9-10,14H,5-8,17H2,(H,18,19). The van der Waals surface area contributed by atoms with Gasteiger partial charge in [0.1, 0.15) is 4.88 Å². The van der Waals surface area contributed by atoms with E-state index < -0.39 is 0 Å². The number of carbonyl (C=O) groups excluding carboxylic acids is 1. The normalized spacial score (nSPS) is 18.6. The second kappa shape index (κ2) is 4.48. The zero-order valence-electron chi connectivity index (χ0n) is 11.3. The molecule has 0 bridgehead atoms. The summed E-state index contributed by atoms with van der Waals surface area (Å²) in [6, 6.07) is 8.33. The number of fused-ring (bicyclic) bond motifs is 1. The quantitative estimate of drug-likeness (QED) is 0.905. The van der Waals surface area contributed by atoms with Gasteiger partial charge in [0, 0.05) is 16.1 Å².